The minimum Gasteiger partial charge on any atom is -0.358 e. The highest BCUT2D eigenvalue weighted by atomic mass is 15.2. The van der Waals surface area contributed by atoms with E-state index in [-0.39, 0.29) is 0 Å². The first-order chi connectivity index (χ1) is 10.1. The van der Waals surface area contributed by atoms with Crippen molar-refractivity contribution >= 4 is 10.9 Å². The summed E-state index contributed by atoms with van der Waals surface area (Å²) in [6, 6.07) is 6.52. The molecule has 2 aromatic heterocycles. The van der Waals surface area contributed by atoms with Crippen LogP contribution in [0, 0.1) is 13.8 Å². The highest BCUT2D eigenvalue weighted by Crippen LogP contribution is 2.26. The average Bonchev–Trinajstić information content (AvgIpc) is 3.08. The molecule has 1 N–H and O–H groups in total. The van der Waals surface area contributed by atoms with Crippen LogP contribution in [0.15, 0.2) is 30.6 Å². The number of H-pyrrole nitrogens is 1. The van der Waals surface area contributed by atoms with Crippen molar-refractivity contribution < 1.29 is 0 Å². The number of nitrogens with zero attached hydrogens (tertiary/aromatic N) is 2. The Labute approximate surface area is 128 Å². The fourth-order valence-corrected chi connectivity index (χ4v) is 2.22. The lowest BCUT2D eigenvalue weighted by Crippen LogP contribution is -1.84. The molecule has 0 atom stereocenters. The topological polar surface area (TPSA) is 33.6 Å². The molecule has 0 fully saturated rings. The SMILES string of the molecule is CC.CC.Cc1[nH]c2cc(-c3cnn(C)c3)ccc2c1C. The first kappa shape index (κ1) is 17.0. The average molecular weight is 285 g/mol. The van der Waals surface area contributed by atoms with Crippen molar-refractivity contribution in [3.63, 3.8) is 0 Å². The molecule has 21 heavy (non-hydrogen) atoms. The second-order valence-electron chi connectivity index (χ2n) is 4.54. The van der Waals surface area contributed by atoms with Gasteiger partial charge < -0.3 is 4.98 Å². The van der Waals surface area contributed by atoms with Crippen molar-refractivity contribution in [2.75, 3.05) is 0 Å². The molecule has 0 aliphatic heterocycles. The van der Waals surface area contributed by atoms with Crippen LogP contribution >= 0.6 is 0 Å². The first-order valence-corrected chi connectivity index (χ1v) is 7.73. The van der Waals surface area contributed by atoms with Crippen molar-refractivity contribution in [3.05, 3.63) is 41.9 Å². The Bertz CT molecular complexity index is 690. The second-order valence-corrected chi connectivity index (χ2v) is 4.54. The Morgan fingerprint density at radius 3 is 2.24 bits per heavy atom. The van der Waals surface area contributed by atoms with E-state index in [9.17, 15) is 0 Å². The van der Waals surface area contributed by atoms with E-state index in [0.29, 0.717) is 0 Å². The smallest absolute Gasteiger partial charge is 0.0568 e. The van der Waals surface area contributed by atoms with Gasteiger partial charge in [-0.2, -0.15) is 5.10 Å². The minimum atomic E-state index is 1.15. The standard InChI is InChI=1S/C14H15N3.2C2H6/c1-9-10(2)16-14-6-11(4-5-13(9)14)12-7-15-17(3)8-12;2*1-2/h4-8,16H,1-3H3;2*1-2H3. The van der Waals surface area contributed by atoms with Crippen LogP contribution in [0.25, 0.3) is 22.0 Å². The van der Waals surface area contributed by atoms with Gasteiger partial charge in [-0.1, -0.05) is 39.8 Å². The van der Waals surface area contributed by atoms with Crippen LogP contribution < -0.4 is 0 Å². The Morgan fingerprint density at radius 2 is 1.67 bits per heavy atom. The molecule has 2 heterocycles. The van der Waals surface area contributed by atoms with E-state index in [0.717, 1.165) is 5.56 Å². The third-order valence-electron chi connectivity index (χ3n) is 3.35. The van der Waals surface area contributed by atoms with Crippen LogP contribution in [-0.2, 0) is 7.05 Å². The maximum Gasteiger partial charge on any atom is 0.0568 e. The van der Waals surface area contributed by atoms with Crippen molar-refractivity contribution in [1.82, 2.24) is 14.8 Å². The molecule has 0 radical (unpaired) electrons. The van der Waals surface area contributed by atoms with Gasteiger partial charge in [-0.15, -0.1) is 0 Å². The van der Waals surface area contributed by atoms with Crippen molar-refractivity contribution in [2.45, 2.75) is 41.5 Å². The zero-order valence-electron chi connectivity index (χ0n) is 14.3. The van der Waals surface area contributed by atoms with Crippen LogP contribution in [0.3, 0.4) is 0 Å². The largest absolute Gasteiger partial charge is 0.358 e. The van der Waals surface area contributed by atoms with Crippen LogP contribution in [0.1, 0.15) is 39.0 Å². The van der Waals surface area contributed by atoms with Gasteiger partial charge in [-0.05, 0) is 31.0 Å². The number of hydrogen-bond donors (Lipinski definition) is 1. The number of hydrogen-bond acceptors (Lipinski definition) is 1. The van der Waals surface area contributed by atoms with Gasteiger partial charge in [0.25, 0.3) is 0 Å². The maximum absolute atomic E-state index is 4.20. The molecule has 3 nitrogen and oxygen atoms in total. The van der Waals surface area contributed by atoms with E-state index in [1.807, 2.05) is 51.8 Å². The van der Waals surface area contributed by atoms with Crippen molar-refractivity contribution in [1.29, 1.82) is 0 Å². The summed E-state index contributed by atoms with van der Waals surface area (Å²) in [5.41, 5.74) is 6.12. The summed E-state index contributed by atoms with van der Waals surface area (Å²) in [7, 11) is 1.94. The molecule has 0 aliphatic rings. The highest BCUT2D eigenvalue weighted by Gasteiger charge is 2.06. The minimum absolute atomic E-state index is 1.15. The van der Waals surface area contributed by atoms with Gasteiger partial charge in [0.2, 0.25) is 0 Å². The van der Waals surface area contributed by atoms with Gasteiger partial charge in [-0.25, -0.2) is 0 Å². The quantitative estimate of drug-likeness (QED) is 0.652. The van der Waals surface area contributed by atoms with E-state index in [2.05, 4.69) is 42.1 Å². The van der Waals surface area contributed by atoms with Gasteiger partial charge in [0, 0.05) is 35.4 Å². The summed E-state index contributed by atoms with van der Waals surface area (Å²) in [6.07, 6.45) is 3.92. The molecule has 3 aromatic rings. The van der Waals surface area contributed by atoms with E-state index in [1.165, 1.54) is 27.7 Å². The van der Waals surface area contributed by atoms with Crippen molar-refractivity contribution in [2.24, 2.45) is 7.05 Å². The van der Waals surface area contributed by atoms with E-state index in [1.54, 1.807) is 0 Å². The van der Waals surface area contributed by atoms with Gasteiger partial charge in [0.15, 0.2) is 0 Å². The second kappa shape index (κ2) is 7.67. The molecule has 0 spiro atoms. The Hall–Kier alpha value is -2.03. The normalized spacial score (nSPS) is 9.67. The van der Waals surface area contributed by atoms with Gasteiger partial charge >= 0.3 is 0 Å². The fourth-order valence-electron chi connectivity index (χ4n) is 2.22. The Morgan fingerprint density at radius 1 is 1.00 bits per heavy atom. The molecule has 0 aliphatic carbocycles. The number of rotatable bonds is 1. The van der Waals surface area contributed by atoms with Crippen LogP contribution in [-0.4, -0.2) is 14.8 Å². The molecule has 0 amide bonds. The van der Waals surface area contributed by atoms with Crippen LogP contribution in [0.2, 0.25) is 0 Å². The Kier molecular flexibility index (Phi) is 6.22. The molecule has 1 aromatic carbocycles. The van der Waals surface area contributed by atoms with E-state index in [4.69, 9.17) is 0 Å². The fraction of sp³-hybridized carbons (Fsp3) is 0.389. The zero-order chi connectivity index (χ0) is 16.0. The summed E-state index contributed by atoms with van der Waals surface area (Å²) in [5.74, 6) is 0. The van der Waals surface area contributed by atoms with Crippen molar-refractivity contribution in [3.8, 4) is 11.1 Å². The molecular formula is C18H27N3. The lowest BCUT2D eigenvalue weighted by atomic mass is 10.1. The molecule has 0 saturated carbocycles. The highest BCUT2D eigenvalue weighted by molar-refractivity contribution is 5.88. The summed E-state index contributed by atoms with van der Waals surface area (Å²) in [5, 5.41) is 5.50. The number of aromatic amines is 1. The lowest BCUT2D eigenvalue weighted by Gasteiger charge is -1.98. The van der Waals surface area contributed by atoms with Gasteiger partial charge in [0.05, 0.1) is 6.20 Å². The first-order valence-electron chi connectivity index (χ1n) is 7.73. The molecule has 3 rings (SSSR count). The van der Waals surface area contributed by atoms with Gasteiger partial charge in [0.1, 0.15) is 0 Å². The molecule has 114 valence electrons. The predicted molar refractivity (Wildman–Crippen MR) is 92.7 cm³/mol. The molecule has 0 saturated heterocycles. The maximum atomic E-state index is 4.20. The lowest BCUT2D eigenvalue weighted by molar-refractivity contribution is 0.768. The zero-order valence-corrected chi connectivity index (χ0v) is 14.3. The number of fused-ring (bicyclic) bond motifs is 1. The number of aryl methyl sites for hydroxylation is 3. The number of aromatic nitrogens is 3. The molecule has 0 bridgehead atoms. The number of nitrogens with one attached hydrogen (secondary N) is 1. The molecular weight excluding hydrogens is 258 g/mol. The number of benzene rings is 1. The van der Waals surface area contributed by atoms with E-state index < -0.39 is 0 Å². The monoisotopic (exact) mass is 285 g/mol. The summed E-state index contributed by atoms with van der Waals surface area (Å²) in [4.78, 5) is 3.42. The molecule has 0 unspecified atom stereocenters. The summed E-state index contributed by atoms with van der Waals surface area (Å²) >= 11 is 0. The third-order valence-corrected chi connectivity index (χ3v) is 3.35. The predicted octanol–water partition coefficient (Wildman–Crippen LogP) is 5.24. The summed E-state index contributed by atoms with van der Waals surface area (Å²) in [6.45, 7) is 12.3. The van der Waals surface area contributed by atoms with Crippen LogP contribution in [0.4, 0.5) is 0 Å². The van der Waals surface area contributed by atoms with Gasteiger partial charge in [-0.3, -0.25) is 4.68 Å². The molecule has 3 heteroatoms. The third kappa shape index (κ3) is 3.54. The van der Waals surface area contributed by atoms with Crippen LogP contribution in [0.5, 0.6) is 0 Å². The van der Waals surface area contributed by atoms with E-state index >= 15 is 0 Å². The summed E-state index contributed by atoms with van der Waals surface area (Å²) < 4.78 is 1.82. The Balaban J connectivity index is 0.000000510.